The molecule has 2 aliphatic heterocycles. The van der Waals surface area contributed by atoms with Gasteiger partial charge in [0, 0.05) is 29.9 Å². The van der Waals surface area contributed by atoms with Crippen molar-refractivity contribution in [3.05, 3.63) is 63.9 Å². The van der Waals surface area contributed by atoms with E-state index in [1.807, 2.05) is 6.07 Å². The third kappa shape index (κ3) is 3.09. The summed E-state index contributed by atoms with van der Waals surface area (Å²) < 4.78 is 10.8. The highest BCUT2D eigenvalue weighted by molar-refractivity contribution is 5.96. The van der Waals surface area contributed by atoms with Crippen LogP contribution in [0.2, 0.25) is 0 Å². The van der Waals surface area contributed by atoms with Gasteiger partial charge in [0.05, 0.1) is 37.2 Å². The SMILES string of the molecule is COC(=O)c1ccc(C(=O)N[C@H]2CC[C@@]3(O)[C@H]4Cc5ccc(O)c6c5C3(CC[N+]4([O-])CC3CC3)[C@H]2O6)cc1. The lowest BCUT2D eigenvalue weighted by Crippen LogP contribution is -2.81. The minimum Gasteiger partial charge on any atom is -0.632 e. The molecule has 38 heavy (non-hydrogen) atoms. The highest BCUT2D eigenvalue weighted by Crippen LogP contribution is 2.66. The fourth-order valence-electron chi connectivity index (χ4n) is 8.03. The fourth-order valence-corrected chi connectivity index (χ4v) is 8.03. The topological polar surface area (TPSA) is 128 Å². The Morgan fingerprint density at radius 3 is 2.58 bits per heavy atom. The Labute approximate surface area is 220 Å². The molecule has 2 aromatic carbocycles. The molecule has 1 saturated heterocycles. The van der Waals surface area contributed by atoms with Crippen molar-refractivity contribution in [2.75, 3.05) is 20.2 Å². The first-order valence-electron chi connectivity index (χ1n) is 13.5. The van der Waals surface area contributed by atoms with E-state index < -0.39 is 35.2 Å². The van der Waals surface area contributed by atoms with E-state index in [1.54, 1.807) is 30.3 Å². The van der Waals surface area contributed by atoms with E-state index in [-0.39, 0.29) is 16.3 Å². The van der Waals surface area contributed by atoms with Crippen molar-refractivity contribution in [3.8, 4) is 11.5 Å². The zero-order valence-corrected chi connectivity index (χ0v) is 21.3. The van der Waals surface area contributed by atoms with Gasteiger partial charge in [0.15, 0.2) is 11.5 Å². The molecule has 6 atom stereocenters. The summed E-state index contributed by atoms with van der Waals surface area (Å²) in [6.45, 7) is 0.921. The van der Waals surface area contributed by atoms with Crippen molar-refractivity contribution in [1.29, 1.82) is 0 Å². The van der Waals surface area contributed by atoms with Crippen LogP contribution < -0.4 is 10.1 Å². The maximum Gasteiger partial charge on any atom is 0.337 e. The highest BCUT2D eigenvalue weighted by Gasteiger charge is 2.76. The summed E-state index contributed by atoms with van der Waals surface area (Å²) in [5.41, 5.74) is 0.348. The van der Waals surface area contributed by atoms with E-state index in [0.29, 0.717) is 61.6 Å². The number of nitrogens with one attached hydrogen (secondary N) is 1. The minimum absolute atomic E-state index is 0.0169. The first-order valence-corrected chi connectivity index (χ1v) is 13.5. The number of esters is 1. The third-order valence-electron chi connectivity index (χ3n) is 9.94. The zero-order chi connectivity index (χ0) is 26.4. The summed E-state index contributed by atoms with van der Waals surface area (Å²) in [7, 11) is 1.30. The van der Waals surface area contributed by atoms with E-state index in [4.69, 9.17) is 9.47 Å². The summed E-state index contributed by atoms with van der Waals surface area (Å²) >= 11 is 0. The van der Waals surface area contributed by atoms with Crippen molar-refractivity contribution in [2.45, 2.75) is 67.7 Å². The summed E-state index contributed by atoms with van der Waals surface area (Å²) in [6, 6.07) is 8.78. The number of piperidine rings is 1. The van der Waals surface area contributed by atoms with Gasteiger partial charge in [0.1, 0.15) is 17.7 Å². The lowest BCUT2D eigenvalue weighted by atomic mass is 9.48. The number of aliphatic hydroxyl groups is 1. The van der Waals surface area contributed by atoms with Crippen molar-refractivity contribution >= 4 is 11.9 Å². The summed E-state index contributed by atoms with van der Waals surface area (Å²) in [5, 5.41) is 40.7. The van der Waals surface area contributed by atoms with Crippen LogP contribution in [0.4, 0.5) is 0 Å². The molecule has 9 nitrogen and oxygen atoms in total. The van der Waals surface area contributed by atoms with Crippen LogP contribution in [-0.4, -0.2) is 70.7 Å². The lowest BCUT2D eigenvalue weighted by molar-refractivity contribution is -0.924. The van der Waals surface area contributed by atoms with Crippen LogP contribution in [0.1, 0.15) is 63.9 Å². The molecular formula is C29H32N2O7. The Bertz CT molecular complexity index is 1340. The molecule has 3 fully saturated rings. The second kappa shape index (κ2) is 7.94. The van der Waals surface area contributed by atoms with E-state index in [1.165, 1.54) is 7.11 Å². The molecule has 2 heterocycles. The Balaban J connectivity index is 1.25. The van der Waals surface area contributed by atoms with Gasteiger partial charge in [-0.1, -0.05) is 6.07 Å². The molecule has 9 heteroatoms. The normalized spacial score (nSPS) is 36.1. The molecule has 5 aliphatic rings. The van der Waals surface area contributed by atoms with Crippen LogP contribution in [0.25, 0.3) is 0 Å². The van der Waals surface area contributed by atoms with Gasteiger partial charge in [0.25, 0.3) is 5.91 Å². The molecule has 2 bridgehead atoms. The molecule has 0 aromatic heterocycles. The number of aromatic hydroxyl groups is 1. The van der Waals surface area contributed by atoms with Crippen molar-refractivity contribution in [1.82, 2.24) is 5.32 Å². The van der Waals surface area contributed by atoms with Gasteiger partial charge >= 0.3 is 5.97 Å². The number of quaternary nitrogens is 1. The van der Waals surface area contributed by atoms with Crippen LogP contribution in [-0.2, 0) is 16.6 Å². The van der Waals surface area contributed by atoms with Gasteiger partial charge < -0.3 is 34.9 Å². The molecule has 1 spiro atoms. The predicted octanol–water partition coefficient (Wildman–Crippen LogP) is 2.55. The van der Waals surface area contributed by atoms with Gasteiger partial charge in [-0.2, -0.15) is 0 Å². The Hall–Kier alpha value is -3.14. The Morgan fingerprint density at radius 1 is 1.13 bits per heavy atom. The number of likely N-dealkylation sites (tertiary alicyclic amines) is 1. The molecule has 200 valence electrons. The molecular weight excluding hydrogens is 488 g/mol. The van der Waals surface area contributed by atoms with Gasteiger partial charge in [-0.15, -0.1) is 0 Å². The van der Waals surface area contributed by atoms with E-state index in [2.05, 4.69) is 5.32 Å². The van der Waals surface area contributed by atoms with Gasteiger partial charge in [-0.3, -0.25) is 4.79 Å². The van der Waals surface area contributed by atoms with E-state index in [9.17, 15) is 25.0 Å². The average molecular weight is 521 g/mol. The first kappa shape index (κ1) is 23.9. The van der Waals surface area contributed by atoms with E-state index in [0.717, 1.165) is 24.0 Å². The number of phenols is 1. The largest absolute Gasteiger partial charge is 0.632 e. The van der Waals surface area contributed by atoms with Crippen LogP contribution in [0.5, 0.6) is 11.5 Å². The van der Waals surface area contributed by atoms with Crippen molar-refractivity contribution in [2.24, 2.45) is 5.92 Å². The lowest BCUT2D eigenvalue weighted by Gasteiger charge is -2.68. The number of carbonyl (C=O) groups is 2. The number of nitrogens with zero attached hydrogens (tertiary/aromatic N) is 1. The molecule has 2 aromatic rings. The summed E-state index contributed by atoms with van der Waals surface area (Å²) in [6.07, 6.45) is 3.24. The fraction of sp³-hybridized carbons (Fsp3) is 0.517. The Morgan fingerprint density at radius 2 is 1.87 bits per heavy atom. The number of carbonyl (C=O) groups excluding carboxylic acids is 2. The molecule has 7 rings (SSSR count). The second-order valence-corrected chi connectivity index (χ2v) is 11.8. The van der Waals surface area contributed by atoms with Gasteiger partial charge in [-0.25, -0.2) is 4.79 Å². The summed E-state index contributed by atoms with van der Waals surface area (Å²) in [4.78, 5) is 25.1. The van der Waals surface area contributed by atoms with Crippen LogP contribution in [0.15, 0.2) is 36.4 Å². The number of benzene rings is 2. The monoisotopic (exact) mass is 520 g/mol. The molecule has 0 radical (unpaired) electrons. The predicted molar refractivity (Wildman–Crippen MR) is 136 cm³/mol. The standard InChI is InChI=1S/C29H32N2O7/c1-37-27(34)18-6-4-17(5-7-18)26(33)30-20-10-11-29(35)22-14-19-8-9-21(32)24-23(19)28(29,25(20)38-24)12-13-31(22,36)15-16-2-3-16/h4-9,16,20,22,25,32,35H,2-3,10-15H2,1H3,(H,30,33)/t20-,22+,25-,28?,29+,31?/m0/s1. The molecule has 3 N–H and O–H groups in total. The van der Waals surface area contributed by atoms with Crippen LogP contribution >= 0.6 is 0 Å². The highest BCUT2D eigenvalue weighted by atomic mass is 16.6. The number of rotatable bonds is 5. The number of phenolic OH excluding ortho intramolecular Hbond substituents is 1. The summed E-state index contributed by atoms with van der Waals surface area (Å²) in [5.74, 6) is 0.0279. The number of hydrogen-bond donors (Lipinski definition) is 3. The molecule has 3 aliphatic carbocycles. The molecule has 1 amide bonds. The number of amides is 1. The smallest absolute Gasteiger partial charge is 0.337 e. The van der Waals surface area contributed by atoms with Crippen molar-refractivity contribution in [3.63, 3.8) is 0 Å². The first-order chi connectivity index (χ1) is 18.2. The van der Waals surface area contributed by atoms with Gasteiger partial charge in [0.2, 0.25) is 0 Å². The van der Waals surface area contributed by atoms with E-state index >= 15 is 0 Å². The van der Waals surface area contributed by atoms with Crippen LogP contribution in [0.3, 0.4) is 0 Å². The Kier molecular flexibility index (Phi) is 5.00. The van der Waals surface area contributed by atoms with Gasteiger partial charge in [-0.05, 0) is 61.6 Å². The van der Waals surface area contributed by atoms with Crippen molar-refractivity contribution < 1.29 is 33.9 Å². The maximum atomic E-state index is 14.3. The number of hydrogen-bond acceptors (Lipinski definition) is 7. The second-order valence-electron chi connectivity index (χ2n) is 11.8. The van der Waals surface area contributed by atoms with Crippen LogP contribution in [0, 0.1) is 11.1 Å². The maximum absolute atomic E-state index is 14.3. The molecule has 2 saturated carbocycles. The average Bonchev–Trinajstić information content (AvgIpc) is 3.64. The quantitative estimate of drug-likeness (QED) is 0.314. The zero-order valence-electron chi connectivity index (χ0n) is 21.3. The number of hydroxylamine groups is 3. The third-order valence-corrected chi connectivity index (χ3v) is 9.94. The minimum atomic E-state index is -1.29. The number of ether oxygens (including phenoxy) is 2. The number of methoxy groups -OCH3 is 1. The molecule has 2 unspecified atom stereocenters.